The first-order valence-electron chi connectivity index (χ1n) is 9.77. The topological polar surface area (TPSA) is 65.1 Å². The highest BCUT2D eigenvalue weighted by Crippen LogP contribution is 2.22. The molecule has 1 aliphatic heterocycles. The largest absolute Gasteiger partial charge is 0.353 e. The lowest BCUT2D eigenvalue weighted by Gasteiger charge is -2.35. The summed E-state index contributed by atoms with van der Waals surface area (Å²) in [7, 11) is 0. The molecule has 1 saturated heterocycles. The number of amides is 1. The monoisotopic (exact) mass is 383 g/mol. The minimum Gasteiger partial charge on any atom is -0.353 e. The zero-order valence-corrected chi connectivity index (χ0v) is 16.0. The average molecular weight is 383 g/mol. The van der Waals surface area contributed by atoms with Crippen LogP contribution in [0.2, 0.25) is 0 Å². The predicted molar refractivity (Wildman–Crippen MR) is 114 cm³/mol. The third-order valence-electron chi connectivity index (χ3n) is 5.37. The summed E-state index contributed by atoms with van der Waals surface area (Å²) in [6, 6.07) is 22.0. The maximum atomic E-state index is 12.9. The molecular weight excluding hydrogens is 362 g/mol. The Hall–Kier alpha value is -3.67. The molecule has 0 atom stereocenters. The van der Waals surface area contributed by atoms with Crippen molar-refractivity contribution < 1.29 is 4.79 Å². The van der Waals surface area contributed by atoms with E-state index in [0.29, 0.717) is 18.8 Å². The van der Waals surface area contributed by atoms with Crippen LogP contribution in [0.4, 0.5) is 5.82 Å². The predicted octanol–water partition coefficient (Wildman–Crippen LogP) is 3.59. The quantitative estimate of drug-likeness (QED) is 0.587. The van der Waals surface area contributed by atoms with Gasteiger partial charge in [-0.25, -0.2) is 9.97 Å². The highest BCUT2D eigenvalue weighted by Gasteiger charge is 2.24. The number of hydrogen-bond donors (Lipinski definition) is 1. The second-order valence-electron chi connectivity index (χ2n) is 7.18. The molecular formula is C23H21N5O. The number of aromatic amines is 1. The minimum atomic E-state index is 0.0495. The second-order valence-corrected chi connectivity index (χ2v) is 7.18. The van der Waals surface area contributed by atoms with E-state index < -0.39 is 0 Å². The van der Waals surface area contributed by atoms with Crippen LogP contribution in [0.5, 0.6) is 0 Å². The highest BCUT2D eigenvalue weighted by molar-refractivity contribution is 5.98. The fraction of sp³-hybridized carbons (Fsp3) is 0.174. The molecule has 6 nitrogen and oxygen atoms in total. The molecule has 0 aliphatic carbocycles. The standard InChI is InChI=1S/C23H21N5O/c29-23(21-14-18-8-4-5-9-19(18)26-21)28-12-10-27(11-13-28)22-15-20(24-16-25-22)17-6-2-1-3-7-17/h1-9,14-16,26H,10-13H2. The maximum absolute atomic E-state index is 12.9. The summed E-state index contributed by atoms with van der Waals surface area (Å²) in [5.41, 5.74) is 3.62. The van der Waals surface area contributed by atoms with E-state index in [4.69, 9.17) is 0 Å². The number of anilines is 1. The summed E-state index contributed by atoms with van der Waals surface area (Å²) in [6.07, 6.45) is 1.61. The van der Waals surface area contributed by atoms with Crippen LogP contribution >= 0.6 is 0 Å². The fourth-order valence-corrected chi connectivity index (χ4v) is 3.78. The molecule has 0 bridgehead atoms. The van der Waals surface area contributed by atoms with Crippen molar-refractivity contribution in [2.75, 3.05) is 31.1 Å². The van der Waals surface area contributed by atoms with Crippen LogP contribution < -0.4 is 4.90 Å². The van der Waals surface area contributed by atoms with Gasteiger partial charge in [0, 0.05) is 48.7 Å². The van der Waals surface area contributed by atoms with Crippen LogP contribution in [0.1, 0.15) is 10.5 Å². The van der Waals surface area contributed by atoms with Gasteiger partial charge in [0.2, 0.25) is 0 Å². The second kappa shape index (κ2) is 7.39. The first-order valence-corrected chi connectivity index (χ1v) is 9.77. The Bertz CT molecular complexity index is 1110. The molecule has 2 aromatic carbocycles. The molecule has 0 spiro atoms. The zero-order valence-electron chi connectivity index (χ0n) is 16.0. The lowest BCUT2D eigenvalue weighted by molar-refractivity contribution is 0.0741. The van der Waals surface area contributed by atoms with Crippen LogP contribution in [0.3, 0.4) is 0 Å². The summed E-state index contributed by atoms with van der Waals surface area (Å²) in [4.78, 5) is 29.1. The lowest BCUT2D eigenvalue weighted by atomic mass is 10.1. The van der Waals surface area contributed by atoms with Gasteiger partial charge in [-0.15, -0.1) is 0 Å². The van der Waals surface area contributed by atoms with Crippen molar-refractivity contribution in [1.82, 2.24) is 19.9 Å². The number of nitrogens with zero attached hydrogens (tertiary/aromatic N) is 4. The van der Waals surface area contributed by atoms with Gasteiger partial charge in [0.05, 0.1) is 5.69 Å². The number of aromatic nitrogens is 3. The van der Waals surface area contributed by atoms with E-state index in [1.165, 1.54) is 0 Å². The van der Waals surface area contributed by atoms with Gasteiger partial charge >= 0.3 is 0 Å². The van der Waals surface area contributed by atoms with Gasteiger partial charge in [0.1, 0.15) is 17.8 Å². The van der Waals surface area contributed by atoms with Crippen LogP contribution in [0.15, 0.2) is 73.1 Å². The molecule has 1 fully saturated rings. The van der Waals surface area contributed by atoms with E-state index in [9.17, 15) is 4.79 Å². The number of piperazine rings is 1. The molecule has 3 heterocycles. The lowest BCUT2D eigenvalue weighted by Crippen LogP contribution is -2.49. The summed E-state index contributed by atoms with van der Waals surface area (Å²) in [5.74, 6) is 0.949. The number of H-pyrrole nitrogens is 1. The SMILES string of the molecule is O=C(c1cc2ccccc2[nH]1)N1CCN(c2cc(-c3ccccc3)ncn2)CC1. The smallest absolute Gasteiger partial charge is 0.270 e. The highest BCUT2D eigenvalue weighted by atomic mass is 16.2. The van der Waals surface area contributed by atoms with Crippen molar-refractivity contribution in [3.8, 4) is 11.3 Å². The summed E-state index contributed by atoms with van der Waals surface area (Å²) >= 11 is 0. The van der Waals surface area contributed by atoms with Crippen molar-refractivity contribution in [3.63, 3.8) is 0 Å². The van der Waals surface area contributed by atoms with E-state index in [1.54, 1.807) is 6.33 Å². The number of nitrogens with one attached hydrogen (secondary N) is 1. The Morgan fingerprint density at radius 1 is 0.862 bits per heavy atom. The molecule has 1 N–H and O–H groups in total. The molecule has 1 aliphatic rings. The Balaban J connectivity index is 1.28. The number of carbonyl (C=O) groups excluding carboxylic acids is 1. The van der Waals surface area contributed by atoms with E-state index in [2.05, 4.69) is 19.9 Å². The molecule has 0 saturated carbocycles. The van der Waals surface area contributed by atoms with E-state index in [-0.39, 0.29) is 5.91 Å². The summed E-state index contributed by atoms with van der Waals surface area (Å²) in [5, 5.41) is 1.06. The van der Waals surface area contributed by atoms with Crippen molar-refractivity contribution in [2.24, 2.45) is 0 Å². The van der Waals surface area contributed by atoms with Crippen molar-refractivity contribution in [2.45, 2.75) is 0 Å². The third-order valence-corrected chi connectivity index (χ3v) is 5.37. The van der Waals surface area contributed by atoms with Crippen molar-refractivity contribution >= 4 is 22.6 Å². The van der Waals surface area contributed by atoms with Crippen LogP contribution in [-0.4, -0.2) is 51.9 Å². The van der Waals surface area contributed by atoms with Gasteiger partial charge < -0.3 is 14.8 Å². The zero-order chi connectivity index (χ0) is 19.6. The van der Waals surface area contributed by atoms with E-state index in [0.717, 1.165) is 41.1 Å². The molecule has 5 rings (SSSR count). The number of carbonyl (C=O) groups is 1. The Morgan fingerprint density at radius 3 is 2.41 bits per heavy atom. The van der Waals surface area contributed by atoms with Gasteiger partial charge in [-0.2, -0.15) is 0 Å². The third kappa shape index (κ3) is 3.45. The number of rotatable bonds is 3. The average Bonchev–Trinajstić information content (AvgIpc) is 3.24. The first kappa shape index (κ1) is 17.4. The van der Waals surface area contributed by atoms with Crippen LogP contribution in [-0.2, 0) is 0 Å². The number of para-hydroxylation sites is 1. The van der Waals surface area contributed by atoms with Gasteiger partial charge in [-0.05, 0) is 12.1 Å². The maximum Gasteiger partial charge on any atom is 0.270 e. The van der Waals surface area contributed by atoms with Gasteiger partial charge in [0.15, 0.2) is 0 Å². The van der Waals surface area contributed by atoms with Gasteiger partial charge in [-0.1, -0.05) is 48.5 Å². The van der Waals surface area contributed by atoms with Crippen LogP contribution in [0, 0.1) is 0 Å². The number of fused-ring (bicyclic) bond motifs is 1. The van der Waals surface area contributed by atoms with Gasteiger partial charge in [0.25, 0.3) is 5.91 Å². The number of hydrogen-bond acceptors (Lipinski definition) is 4. The summed E-state index contributed by atoms with van der Waals surface area (Å²) < 4.78 is 0. The molecule has 6 heteroatoms. The molecule has 0 radical (unpaired) electrons. The molecule has 29 heavy (non-hydrogen) atoms. The van der Waals surface area contributed by atoms with Crippen LogP contribution in [0.25, 0.3) is 22.2 Å². The molecule has 1 amide bonds. The Kier molecular flexibility index (Phi) is 4.44. The van der Waals surface area contributed by atoms with Crippen molar-refractivity contribution in [3.05, 3.63) is 78.8 Å². The molecule has 2 aromatic heterocycles. The fourth-order valence-electron chi connectivity index (χ4n) is 3.78. The molecule has 4 aromatic rings. The van der Waals surface area contributed by atoms with Crippen molar-refractivity contribution in [1.29, 1.82) is 0 Å². The molecule has 144 valence electrons. The summed E-state index contributed by atoms with van der Waals surface area (Å²) in [6.45, 7) is 2.83. The van der Waals surface area contributed by atoms with Gasteiger partial charge in [-0.3, -0.25) is 4.79 Å². The van der Waals surface area contributed by atoms with E-state index in [1.807, 2.05) is 71.6 Å². The Labute approximate surface area is 168 Å². The Morgan fingerprint density at radius 2 is 1.62 bits per heavy atom. The molecule has 0 unspecified atom stereocenters. The normalized spacial score (nSPS) is 14.3. The first-order chi connectivity index (χ1) is 14.3. The van der Waals surface area contributed by atoms with E-state index >= 15 is 0 Å². The number of benzene rings is 2. The minimum absolute atomic E-state index is 0.0495.